The second kappa shape index (κ2) is 6.02. The lowest BCUT2D eigenvalue weighted by molar-refractivity contribution is -0.154. The summed E-state index contributed by atoms with van der Waals surface area (Å²) in [5.74, 6) is -3.79. The second-order valence-corrected chi connectivity index (χ2v) is 3.74. The van der Waals surface area contributed by atoms with E-state index in [0.717, 1.165) is 0 Å². The Morgan fingerprint density at radius 1 is 1.28 bits per heavy atom. The van der Waals surface area contributed by atoms with Crippen molar-refractivity contribution in [1.29, 1.82) is 0 Å². The first-order chi connectivity index (χ1) is 8.49. The van der Waals surface area contributed by atoms with Crippen molar-refractivity contribution >= 4 is 11.9 Å². The maximum absolute atomic E-state index is 10.8. The van der Waals surface area contributed by atoms with Gasteiger partial charge >= 0.3 is 11.9 Å². The highest BCUT2D eigenvalue weighted by molar-refractivity contribution is 5.93. The fraction of sp³-hybridized carbons (Fsp3) is 0.333. The van der Waals surface area contributed by atoms with Gasteiger partial charge in [-0.1, -0.05) is 6.07 Å². The van der Waals surface area contributed by atoms with Crippen molar-refractivity contribution in [1.82, 2.24) is 0 Å². The molecule has 18 heavy (non-hydrogen) atoms. The number of carboxylic acid groups (broad SMARTS) is 2. The van der Waals surface area contributed by atoms with Gasteiger partial charge in [0, 0.05) is 5.56 Å². The van der Waals surface area contributed by atoms with Crippen LogP contribution in [0.25, 0.3) is 0 Å². The molecular weight excluding hydrogens is 240 g/mol. The van der Waals surface area contributed by atoms with Gasteiger partial charge < -0.3 is 20.1 Å². The molecule has 0 radical (unpaired) electrons. The molecule has 1 rings (SSSR count). The van der Waals surface area contributed by atoms with Gasteiger partial charge in [0.15, 0.2) is 5.92 Å². The first-order valence-electron chi connectivity index (χ1n) is 5.21. The third-order valence-electron chi connectivity index (χ3n) is 2.55. The van der Waals surface area contributed by atoms with Gasteiger partial charge in [0.2, 0.25) is 0 Å². The van der Waals surface area contributed by atoms with Crippen LogP contribution in [0, 0.1) is 5.92 Å². The van der Waals surface area contributed by atoms with Crippen molar-refractivity contribution in [2.24, 2.45) is 5.92 Å². The fourth-order valence-corrected chi connectivity index (χ4v) is 1.60. The molecule has 0 unspecified atom stereocenters. The Morgan fingerprint density at radius 3 is 2.33 bits per heavy atom. The van der Waals surface area contributed by atoms with Crippen LogP contribution in [0.2, 0.25) is 0 Å². The number of hydrogen-bond donors (Lipinski definition) is 3. The molecule has 0 spiro atoms. The van der Waals surface area contributed by atoms with Gasteiger partial charge in [0.25, 0.3) is 0 Å². The lowest BCUT2D eigenvalue weighted by atomic mass is 9.98. The quantitative estimate of drug-likeness (QED) is 0.639. The number of aliphatic carboxylic acids is 2. The van der Waals surface area contributed by atoms with Crippen LogP contribution in [0.3, 0.4) is 0 Å². The average Bonchev–Trinajstić information content (AvgIpc) is 2.34. The monoisotopic (exact) mass is 254 g/mol. The summed E-state index contributed by atoms with van der Waals surface area (Å²) in [7, 11) is 1.45. The Morgan fingerprint density at radius 2 is 1.89 bits per heavy atom. The van der Waals surface area contributed by atoms with Gasteiger partial charge in [-0.25, -0.2) is 0 Å². The summed E-state index contributed by atoms with van der Waals surface area (Å²) in [6.45, 7) is -0.262. The molecule has 0 aliphatic carbocycles. The molecule has 0 atom stereocenters. The van der Waals surface area contributed by atoms with Gasteiger partial charge in [-0.3, -0.25) is 9.59 Å². The molecule has 0 saturated carbocycles. The van der Waals surface area contributed by atoms with E-state index >= 15 is 0 Å². The third-order valence-corrected chi connectivity index (χ3v) is 2.55. The van der Waals surface area contributed by atoms with E-state index in [1.165, 1.54) is 13.2 Å². The Labute approximate surface area is 103 Å². The first kappa shape index (κ1) is 14.0. The molecule has 0 saturated heterocycles. The van der Waals surface area contributed by atoms with Crippen LogP contribution in [0.5, 0.6) is 5.75 Å². The van der Waals surface area contributed by atoms with E-state index in [0.29, 0.717) is 16.9 Å². The number of carbonyl (C=O) groups is 2. The van der Waals surface area contributed by atoms with Crippen LogP contribution in [-0.4, -0.2) is 34.4 Å². The van der Waals surface area contributed by atoms with Crippen molar-refractivity contribution in [2.75, 3.05) is 7.11 Å². The highest BCUT2D eigenvalue weighted by Gasteiger charge is 2.26. The van der Waals surface area contributed by atoms with E-state index in [-0.39, 0.29) is 13.0 Å². The van der Waals surface area contributed by atoms with Crippen LogP contribution >= 0.6 is 0 Å². The molecule has 0 fully saturated rings. The zero-order valence-electron chi connectivity index (χ0n) is 9.79. The molecule has 0 amide bonds. The van der Waals surface area contributed by atoms with Crippen molar-refractivity contribution in [3.05, 3.63) is 29.3 Å². The van der Waals surface area contributed by atoms with E-state index in [4.69, 9.17) is 20.1 Å². The summed E-state index contributed by atoms with van der Waals surface area (Å²) in [6.07, 6.45) is -0.137. The van der Waals surface area contributed by atoms with E-state index in [9.17, 15) is 9.59 Å². The SMILES string of the molecule is COc1ccc(CC(C(=O)O)C(=O)O)cc1CO. The Hall–Kier alpha value is -2.08. The molecule has 1 aromatic carbocycles. The maximum Gasteiger partial charge on any atom is 0.318 e. The van der Waals surface area contributed by atoms with Crippen LogP contribution in [0.15, 0.2) is 18.2 Å². The highest BCUT2D eigenvalue weighted by atomic mass is 16.5. The zero-order chi connectivity index (χ0) is 13.7. The molecule has 3 N–H and O–H groups in total. The van der Waals surface area contributed by atoms with Crippen LogP contribution in [0.1, 0.15) is 11.1 Å². The van der Waals surface area contributed by atoms with Crippen LogP contribution in [-0.2, 0) is 22.6 Å². The standard InChI is InChI=1S/C12H14O6/c1-18-10-3-2-7(4-8(10)6-13)5-9(11(14)15)12(16)17/h2-4,9,13H,5-6H2,1H3,(H,14,15)(H,16,17). The molecule has 6 heteroatoms. The topological polar surface area (TPSA) is 104 Å². The van der Waals surface area contributed by atoms with Crippen molar-refractivity contribution in [3.8, 4) is 5.75 Å². The molecule has 0 aromatic heterocycles. The van der Waals surface area contributed by atoms with E-state index in [1.54, 1.807) is 12.1 Å². The average molecular weight is 254 g/mol. The summed E-state index contributed by atoms with van der Waals surface area (Å²) in [4.78, 5) is 21.5. The van der Waals surface area contributed by atoms with Gasteiger partial charge in [-0.05, 0) is 24.1 Å². The summed E-state index contributed by atoms with van der Waals surface area (Å²) in [5, 5.41) is 26.7. The zero-order valence-corrected chi connectivity index (χ0v) is 9.79. The number of methoxy groups -OCH3 is 1. The molecule has 98 valence electrons. The lowest BCUT2D eigenvalue weighted by Gasteiger charge is -2.11. The molecule has 0 aliphatic rings. The molecule has 0 aliphatic heterocycles. The first-order valence-corrected chi connectivity index (χ1v) is 5.21. The second-order valence-electron chi connectivity index (χ2n) is 3.74. The number of rotatable bonds is 6. The van der Waals surface area contributed by atoms with Gasteiger partial charge in [-0.15, -0.1) is 0 Å². The van der Waals surface area contributed by atoms with Crippen molar-refractivity contribution < 1.29 is 29.6 Å². The number of aliphatic hydroxyl groups is 1. The molecule has 6 nitrogen and oxygen atoms in total. The highest BCUT2D eigenvalue weighted by Crippen LogP contribution is 2.21. The minimum atomic E-state index is -1.50. The maximum atomic E-state index is 10.8. The predicted molar refractivity (Wildman–Crippen MR) is 61.4 cm³/mol. The number of ether oxygens (including phenoxy) is 1. The Balaban J connectivity index is 2.97. The van der Waals surface area contributed by atoms with Gasteiger partial charge in [-0.2, -0.15) is 0 Å². The number of carboxylic acids is 2. The van der Waals surface area contributed by atoms with Crippen molar-refractivity contribution in [3.63, 3.8) is 0 Å². The number of benzene rings is 1. The number of hydrogen-bond acceptors (Lipinski definition) is 4. The normalized spacial score (nSPS) is 10.4. The van der Waals surface area contributed by atoms with Crippen LogP contribution < -0.4 is 4.74 Å². The number of aliphatic hydroxyl groups excluding tert-OH is 1. The summed E-state index contributed by atoms with van der Waals surface area (Å²) >= 11 is 0. The minimum absolute atomic E-state index is 0.137. The van der Waals surface area contributed by atoms with Gasteiger partial charge in [0.05, 0.1) is 13.7 Å². The van der Waals surface area contributed by atoms with E-state index in [1.807, 2.05) is 0 Å². The van der Waals surface area contributed by atoms with Crippen molar-refractivity contribution in [2.45, 2.75) is 13.0 Å². The Kier molecular flexibility index (Phi) is 4.67. The lowest BCUT2D eigenvalue weighted by Crippen LogP contribution is -2.25. The summed E-state index contributed by atoms with van der Waals surface area (Å²) < 4.78 is 5.00. The largest absolute Gasteiger partial charge is 0.496 e. The van der Waals surface area contributed by atoms with E-state index < -0.39 is 17.9 Å². The van der Waals surface area contributed by atoms with Crippen LogP contribution in [0.4, 0.5) is 0 Å². The molecular formula is C12H14O6. The fourth-order valence-electron chi connectivity index (χ4n) is 1.60. The summed E-state index contributed by atoms with van der Waals surface area (Å²) in [5.41, 5.74) is 1.01. The smallest absolute Gasteiger partial charge is 0.318 e. The van der Waals surface area contributed by atoms with E-state index in [2.05, 4.69) is 0 Å². The Bertz CT molecular complexity index is 440. The minimum Gasteiger partial charge on any atom is -0.496 e. The third kappa shape index (κ3) is 3.21. The van der Waals surface area contributed by atoms with Gasteiger partial charge in [0.1, 0.15) is 5.75 Å². The molecule has 1 aromatic rings. The predicted octanol–water partition coefficient (Wildman–Crippen LogP) is 0.515. The molecule has 0 bridgehead atoms. The summed E-state index contributed by atoms with van der Waals surface area (Å²) in [6, 6.07) is 4.69. The molecule has 0 heterocycles.